The number of aliphatic imine (C=N–C) groups is 1. The van der Waals surface area contributed by atoms with Crippen molar-refractivity contribution in [3.63, 3.8) is 0 Å². The van der Waals surface area contributed by atoms with E-state index in [1.807, 2.05) is 6.08 Å². The zero-order valence-electron chi connectivity index (χ0n) is 13.8. The fourth-order valence-corrected chi connectivity index (χ4v) is 3.75. The minimum Gasteiger partial charge on any atom is -0.348 e. The minimum absolute atomic E-state index is 0.109. The average molecular weight is 329 g/mol. The summed E-state index contributed by atoms with van der Waals surface area (Å²) in [6.07, 6.45) is 2.98. The van der Waals surface area contributed by atoms with Crippen molar-refractivity contribution in [3.05, 3.63) is 40.3 Å². The first kappa shape index (κ1) is 16.3. The van der Waals surface area contributed by atoms with Gasteiger partial charge in [-0.05, 0) is 41.9 Å². The fraction of sp³-hybridized carbons (Fsp3) is 0.444. The van der Waals surface area contributed by atoms with E-state index in [9.17, 15) is 4.79 Å². The lowest BCUT2D eigenvalue weighted by Gasteiger charge is -2.34. The van der Waals surface area contributed by atoms with Crippen molar-refractivity contribution in [1.29, 1.82) is 0 Å². The molecule has 0 aliphatic carbocycles. The third-order valence-electron chi connectivity index (χ3n) is 4.38. The van der Waals surface area contributed by atoms with Crippen molar-refractivity contribution >= 4 is 28.9 Å². The van der Waals surface area contributed by atoms with Crippen LogP contribution in [0.4, 0.5) is 0 Å². The highest BCUT2D eigenvalue weighted by molar-refractivity contribution is 8.18. The molecule has 1 fully saturated rings. The maximum atomic E-state index is 12.2. The van der Waals surface area contributed by atoms with Gasteiger partial charge >= 0.3 is 0 Å². The smallest absolute Gasteiger partial charge is 0.286 e. The van der Waals surface area contributed by atoms with E-state index >= 15 is 0 Å². The molecule has 1 aromatic carbocycles. The highest BCUT2D eigenvalue weighted by Crippen LogP contribution is 2.30. The monoisotopic (exact) mass is 329 g/mol. The van der Waals surface area contributed by atoms with E-state index in [0.29, 0.717) is 0 Å². The number of carbonyl (C=O) groups is 1. The Morgan fingerprint density at radius 3 is 2.43 bits per heavy atom. The van der Waals surface area contributed by atoms with E-state index in [0.717, 1.165) is 54.8 Å². The Balaban J connectivity index is 1.66. The summed E-state index contributed by atoms with van der Waals surface area (Å²) < 4.78 is 0. The lowest BCUT2D eigenvalue weighted by atomic mass is 10.1. The second-order valence-corrected chi connectivity index (χ2v) is 6.84. The highest BCUT2D eigenvalue weighted by atomic mass is 32.2. The van der Waals surface area contributed by atoms with Crippen LogP contribution in [0.25, 0.3) is 6.08 Å². The van der Waals surface area contributed by atoms with Crippen LogP contribution in [-0.4, -0.2) is 53.6 Å². The number of nitrogens with zero attached hydrogens (tertiary/aromatic N) is 3. The Morgan fingerprint density at radius 1 is 1.13 bits per heavy atom. The topological polar surface area (TPSA) is 35.9 Å². The Labute approximate surface area is 142 Å². The van der Waals surface area contributed by atoms with Crippen molar-refractivity contribution < 1.29 is 4.79 Å². The normalized spacial score (nSPS) is 21.1. The maximum Gasteiger partial charge on any atom is 0.286 e. The van der Waals surface area contributed by atoms with Gasteiger partial charge in [0.2, 0.25) is 0 Å². The van der Waals surface area contributed by atoms with Crippen LogP contribution in [0.15, 0.2) is 34.2 Å². The van der Waals surface area contributed by atoms with E-state index in [1.54, 1.807) is 0 Å². The predicted octanol–water partition coefficient (Wildman–Crippen LogP) is 2.86. The van der Waals surface area contributed by atoms with Gasteiger partial charge in [0, 0.05) is 26.2 Å². The molecule has 2 aliphatic heterocycles. The van der Waals surface area contributed by atoms with Crippen LogP contribution < -0.4 is 0 Å². The summed E-state index contributed by atoms with van der Waals surface area (Å²) >= 11 is 1.51. The first-order chi connectivity index (χ1) is 11.2. The van der Waals surface area contributed by atoms with Gasteiger partial charge in [0.15, 0.2) is 5.17 Å². The van der Waals surface area contributed by atoms with Crippen LogP contribution in [-0.2, 0) is 11.2 Å². The molecule has 1 saturated heterocycles. The van der Waals surface area contributed by atoms with Crippen molar-refractivity contribution in [3.8, 4) is 0 Å². The molecule has 0 spiro atoms. The zero-order valence-corrected chi connectivity index (χ0v) is 14.6. The predicted molar refractivity (Wildman–Crippen MR) is 97.5 cm³/mol. The van der Waals surface area contributed by atoms with Gasteiger partial charge in [0.05, 0.1) is 4.91 Å². The Hall–Kier alpha value is -1.59. The number of likely N-dealkylation sites (N-methyl/N-ethyl adjacent to an activating group) is 1. The van der Waals surface area contributed by atoms with Crippen molar-refractivity contribution in [2.75, 3.05) is 32.7 Å². The molecular formula is C18H23N3OS. The summed E-state index contributed by atoms with van der Waals surface area (Å²) in [5.41, 5.74) is 2.37. The number of aryl methyl sites for hydroxylation is 1. The standard InChI is InChI=1S/C18H23N3OS/c1-3-14-5-7-15(8-6-14)13-16-17(22)19-18(23-16)21-11-9-20(4-2)10-12-21/h5-8,13H,3-4,9-12H2,1-2H3. The second kappa shape index (κ2) is 7.32. The van der Waals surface area contributed by atoms with Crippen LogP contribution in [0.3, 0.4) is 0 Å². The number of hydrogen-bond donors (Lipinski definition) is 0. The van der Waals surface area contributed by atoms with E-state index in [-0.39, 0.29) is 5.91 Å². The van der Waals surface area contributed by atoms with Gasteiger partial charge in [-0.25, -0.2) is 0 Å². The summed E-state index contributed by atoms with van der Waals surface area (Å²) in [5.74, 6) is -0.109. The summed E-state index contributed by atoms with van der Waals surface area (Å²) in [4.78, 5) is 21.8. The second-order valence-electron chi connectivity index (χ2n) is 5.83. The number of hydrogen-bond acceptors (Lipinski definition) is 4. The van der Waals surface area contributed by atoms with Gasteiger partial charge in [0.1, 0.15) is 0 Å². The van der Waals surface area contributed by atoms with Gasteiger partial charge < -0.3 is 9.80 Å². The van der Waals surface area contributed by atoms with Crippen LogP contribution in [0.1, 0.15) is 25.0 Å². The number of carbonyl (C=O) groups excluding carboxylic acids is 1. The molecule has 23 heavy (non-hydrogen) atoms. The minimum atomic E-state index is -0.109. The van der Waals surface area contributed by atoms with Gasteiger partial charge in [0.25, 0.3) is 5.91 Å². The van der Waals surface area contributed by atoms with Crippen molar-refractivity contribution in [1.82, 2.24) is 9.80 Å². The van der Waals surface area contributed by atoms with Gasteiger partial charge in [-0.3, -0.25) is 4.79 Å². The molecule has 0 radical (unpaired) electrons. The molecule has 4 nitrogen and oxygen atoms in total. The lowest BCUT2D eigenvalue weighted by molar-refractivity contribution is -0.113. The number of thioether (sulfide) groups is 1. The molecule has 0 saturated carbocycles. The van der Waals surface area contributed by atoms with Crippen LogP contribution in [0.5, 0.6) is 0 Å². The molecule has 1 amide bonds. The first-order valence-electron chi connectivity index (χ1n) is 8.28. The third kappa shape index (κ3) is 3.85. The number of amides is 1. The van der Waals surface area contributed by atoms with Gasteiger partial charge in [-0.15, -0.1) is 0 Å². The van der Waals surface area contributed by atoms with E-state index < -0.39 is 0 Å². The quantitative estimate of drug-likeness (QED) is 0.799. The zero-order chi connectivity index (χ0) is 16.2. The maximum absolute atomic E-state index is 12.2. The summed E-state index contributed by atoms with van der Waals surface area (Å²) in [7, 11) is 0. The van der Waals surface area contributed by atoms with Crippen LogP contribution >= 0.6 is 11.8 Å². The SMILES string of the molecule is CCc1ccc(C=C2SC(N3CCN(CC)CC3)=NC2=O)cc1. The van der Waals surface area contributed by atoms with E-state index in [4.69, 9.17) is 0 Å². The largest absolute Gasteiger partial charge is 0.348 e. The summed E-state index contributed by atoms with van der Waals surface area (Å²) in [5, 5.41) is 0.863. The van der Waals surface area contributed by atoms with Crippen LogP contribution in [0, 0.1) is 0 Å². The third-order valence-corrected chi connectivity index (χ3v) is 5.43. The van der Waals surface area contributed by atoms with E-state index in [1.165, 1.54) is 17.3 Å². The van der Waals surface area contributed by atoms with Crippen molar-refractivity contribution in [2.24, 2.45) is 4.99 Å². The number of piperazine rings is 1. The number of amidine groups is 1. The molecule has 5 heteroatoms. The molecule has 2 aliphatic rings. The average Bonchev–Trinajstić information content (AvgIpc) is 2.96. The molecule has 0 aromatic heterocycles. The van der Waals surface area contributed by atoms with E-state index in [2.05, 4.69) is 52.9 Å². The number of rotatable bonds is 3. The molecular weight excluding hydrogens is 306 g/mol. The molecule has 0 unspecified atom stereocenters. The van der Waals surface area contributed by atoms with Crippen molar-refractivity contribution in [2.45, 2.75) is 20.3 Å². The Bertz CT molecular complexity index is 628. The van der Waals surface area contributed by atoms with Gasteiger partial charge in [-0.2, -0.15) is 4.99 Å². The molecule has 122 valence electrons. The number of benzene rings is 1. The molecule has 3 rings (SSSR count). The lowest BCUT2D eigenvalue weighted by Crippen LogP contribution is -2.47. The van der Waals surface area contributed by atoms with Gasteiger partial charge in [-0.1, -0.05) is 38.1 Å². The summed E-state index contributed by atoms with van der Waals surface area (Å²) in [6, 6.07) is 8.36. The molecule has 2 heterocycles. The molecule has 0 bridgehead atoms. The molecule has 0 N–H and O–H groups in total. The Kier molecular flexibility index (Phi) is 5.18. The molecule has 1 aromatic rings. The molecule has 0 atom stereocenters. The van der Waals surface area contributed by atoms with Crippen LogP contribution in [0.2, 0.25) is 0 Å². The highest BCUT2D eigenvalue weighted by Gasteiger charge is 2.28. The fourth-order valence-electron chi connectivity index (χ4n) is 2.79. The first-order valence-corrected chi connectivity index (χ1v) is 9.10. The summed E-state index contributed by atoms with van der Waals surface area (Å²) in [6.45, 7) is 9.40. The Morgan fingerprint density at radius 2 is 1.83 bits per heavy atom.